The van der Waals surface area contributed by atoms with Crippen LogP contribution in [0.1, 0.15) is 85.0 Å². The van der Waals surface area contributed by atoms with E-state index < -0.39 is 13.4 Å². The van der Waals surface area contributed by atoms with Crippen LogP contribution in [-0.2, 0) is 0 Å². The molecule has 2 aliphatic rings. The van der Waals surface area contributed by atoms with Crippen LogP contribution in [-0.4, -0.2) is 13.4 Å². The summed E-state index contributed by atoms with van der Waals surface area (Å²) in [6.45, 7) is 2.89. The molecule has 24 heavy (non-hydrogen) atoms. The quantitative estimate of drug-likeness (QED) is 0.268. The van der Waals surface area contributed by atoms with E-state index in [-0.39, 0.29) is 0 Å². The molecule has 0 aromatic rings. The second-order valence-corrected chi connectivity index (χ2v) is 23.0. The van der Waals surface area contributed by atoms with Crippen molar-refractivity contribution in [1.82, 2.24) is 0 Å². The van der Waals surface area contributed by atoms with Crippen molar-refractivity contribution in [3.8, 4) is 0 Å². The highest BCUT2D eigenvalue weighted by atomic mass is 35.7. The van der Waals surface area contributed by atoms with Crippen LogP contribution >= 0.6 is 44.3 Å². The van der Waals surface area contributed by atoms with Gasteiger partial charge in [-0.1, -0.05) is 85.0 Å². The van der Waals surface area contributed by atoms with E-state index in [1.807, 2.05) is 0 Å². The van der Waals surface area contributed by atoms with Gasteiger partial charge in [0.25, 0.3) is 13.4 Å². The molecule has 0 N–H and O–H groups in total. The van der Waals surface area contributed by atoms with E-state index >= 15 is 0 Å². The van der Waals surface area contributed by atoms with Crippen molar-refractivity contribution in [2.24, 2.45) is 5.92 Å². The van der Waals surface area contributed by atoms with Crippen LogP contribution in [0.4, 0.5) is 0 Å². The van der Waals surface area contributed by atoms with Crippen LogP contribution in [0.5, 0.6) is 0 Å². The smallest absolute Gasteiger partial charge is 0.146 e. The molecule has 0 nitrogen and oxygen atoms in total. The molecule has 0 atom stereocenters. The number of rotatable bonds is 7. The molecule has 0 radical (unpaired) electrons. The Balaban J connectivity index is 0.000000240. The Kier molecular flexibility index (Phi) is 11.3. The third-order valence-electron chi connectivity index (χ3n) is 5.45. The second kappa shape index (κ2) is 11.4. The van der Waals surface area contributed by atoms with Crippen LogP contribution in [0, 0.1) is 5.92 Å². The summed E-state index contributed by atoms with van der Waals surface area (Å²) in [5.41, 5.74) is 1.38. The first-order chi connectivity index (χ1) is 11.2. The maximum absolute atomic E-state index is 6.44. The van der Waals surface area contributed by atoms with E-state index in [2.05, 4.69) is 20.8 Å². The van der Waals surface area contributed by atoms with Gasteiger partial charge in [-0.3, -0.25) is 0 Å². The Morgan fingerprint density at radius 2 is 1.21 bits per heavy atom. The monoisotopic (exact) mass is 448 g/mol. The van der Waals surface area contributed by atoms with Crippen LogP contribution in [0.3, 0.4) is 0 Å². The maximum Gasteiger partial charge on any atom is 0.254 e. The minimum atomic E-state index is -1.89. The van der Waals surface area contributed by atoms with Crippen LogP contribution < -0.4 is 0 Å². The summed E-state index contributed by atoms with van der Waals surface area (Å²) in [6.07, 6.45) is 13.0. The van der Waals surface area contributed by atoms with Crippen molar-refractivity contribution in [2.75, 3.05) is 0 Å². The van der Waals surface area contributed by atoms with E-state index in [1.54, 1.807) is 0 Å². The van der Waals surface area contributed by atoms with E-state index in [9.17, 15) is 0 Å². The van der Waals surface area contributed by atoms with Crippen LogP contribution in [0.2, 0.25) is 23.2 Å². The lowest BCUT2D eigenvalue weighted by molar-refractivity contribution is 0.711. The number of hydrogen-bond acceptors (Lipinski definition) is 0. The van der Waals surface area contributed by atoms with Gasteiger partial charge in [-0.05, 0) is 29.1 Å². The molecule has 0 bridgehead atoms. The molecule has 2 aliphatic carbocycles. The highest BCUT2D eigenvalue weighted by Crippen LogP contribution is 2.46. The molecule has 0 spiro atoms. The number of unbranched alkanes of at least 4 members (excludes halogenated alkanes) is 1. The first-order valence-electron chi connectivity index (χ1n) is 9.94. The number of halogens is 4. The normalized spacial score (nSPS) is 20.5. The van der Waals surface area contributed by atoms with E-state index in [4.69, 9.17) is 44.3 Å². The van der Waals surface area contributed by atoms with E-state index in [0.717, 1.165) is 12.1 Å². The van der Waals surface area contributed by atoms with Crippen LogP contribution in [0.15, 0.2) is 0 Å². The lowest BCUT2D eigenvalue weighted by Crippen LogP contribution is -2.27. The zero-order chi connectivity index (χ0) is 18.2. The third kappa shape index (κ3) is 8.52. The predicted molar refractivity (Wildman–Crippen MR) is 119 cm³/mol. The Morgan fingerprint density at radius 3 is 1.58 bits per heavy atom. The fourth-order valence-electron chi connectivity index (χ4n) is 4.02. The molecule has 0 heterocycles. The van der Waals surface area contributed by atoms with Gasteiger partial charge in [0.05, 0.1) is 0 Å². The molecule has 2 fully saturated rings. The molecule has 144 valence electrons. The highest BCUT2D eigenvalue weighted by molar-refractivity contribution is 7.46. The molecule has 0 aromatic heterocycles. The highest BCUT2D eigenvalue weighted by Gasteiger charge is 2.40. The van der Waals surface area contributed by atoms with Gasteiger partial charge < -0.3 is 0 Å². The molecule has 0 aliphatic heterocycles. The fraction of sp³-hybridized carbons (Fsp3) is 1.00. The SMILES string of the molecule is CC(C)C[Si](Cl)(Cl)C1CCCC1.CCCC[Si](Cl)(Cl)C1CCCC1. The van der Waals surface area contributed by atoms with Gasteiger partial charge in [-0.15, -0.1) is 44.3 Å². The Morgan fingerprint density at radius 1 is 0.792 bits per heavy atom. The lowest BCUT2D eigenvalue weighted by atomic mass is 10.3. The third-order valence-corrected chi connectivity index (χ3v) is 17.1. The summed E-state index contributed by atoms with van der Waals surface area (Å²) in [4.78, 5) is 0. The predicted octanol–water partition coefficient (Wildman–Crippen LogP) is 9.16. The van der Waals surface area contributed by atoms with Crippen molar-refractivity contribution in [1.29, 1.82) is 0 Å². The average molecular weight is 450 g/mol. The Hall–Kier alpha value is 1.59. The zero-order valence-corrected chi connectivity index (χ0v) is 20.8. The minimum Gasteiger partial charge on any atom is -0.146 e. The molecular weight excluding hydrogens is 414 g/mol. The Bertz CT molecular complexity index is 336. The van der Waals surface area contributed by atoms with E-state index in [0.29, 0.717) is 17.0 Å². The van der Waals surface area contributed by atoms with E-state index in [1.165, 1.54) is 64.2 Å². The Labute approximate surface area is 171 Å². The summed E-state index contributed by atoms with van der Waals surface area (Å²) in [5, 5.41) is 0. The molecule has 6 heteroatoms. The summed E-state index contributed by atoms with van der Waals surface area (Å²) in [7, 11) is 0. The largest absolute Gasteiger partial charge is 0.254 e. The molecule has 2 rings (SSSR count). The van der Waals surface area contributed by atoms with Crippen molar-refractivity contribution in [2.45, 2.75) is 108 Å². The minimum absolute atomic E-state index is 0.660. The average Bonchev–Trinajstić information content (AvgIpc) is 3.17. The van der Waals surface area contributed by atoms with Gasteiger partial charge in [-0.25, -0.2) is 0 Å². The second-order valence-electron chi connectivity index (χ2n) is 8.19. The van der Waals surface area contributed by atoms with Crippen molar-refractivity contribution in [3.63, 3.8) is 0 Å². The fourth-order valence-corrected chi connectivity index (χ4v) is 14.5. The zero-order valence-electron chi connectivity index (χ0n) is 15.7. The van der Waals surface area contributed by atoms with Crippen molar-refractivity contribution >= 4 is 57.7 Å². The molecule has 0 saturated heterocycles. The van der Waals surface area contributed by atoms with Gasteiger partial charge >= 0.3 is 0 Å². The first kappa shape index (κ1) is 23.6. The summed E-state index contributed by atoms with van der Waals surface area (Å²) in [5.74, 6) is 0.660. The van der Waals surface area contributed by atoms with Crippen LogP contribution in [0.25, 0.3) is 0 Å². The van der Waals surface area contributed by atoms with Gasteiger partial charge in [0.15, 0.2) is 0 Å². The maximum atomic E-state index is 6.44. The van der Waals surface area contributed by atoms with Gasteiger partial charge in [0.2, 0.25) is 0 Å². The van der Waals surface area contributed by atoms with Crippen molar-refractivity contribution < 1.29 is 0 Å². The topological polar surface area (TPSA) is 0 Å². The molecular formula is C18H36Cl4Si2. The number of hydrogen-bond donors (Lipinski definition) is 0. The standard InChI is InChI=1S/2C9H18Cl2Si/c1-8(2)7-12(10,11)9-5-3-4-6-9;1-2-3-8-12(10,11)9-6-4-5-7-9/h8-9H,3-7H2,1-2H3;9H,2-8H2,1H3. The van der Waals surface area contributed by atoms with Gasteiger partial charge in [0, 0.05) is 0 Å². The summed E-state index contributed by atoms with van der Waals surface area (Å²) < 4.78 is 0. The molecule has 0 aromatic carbocycles. The molecule has 0 amide bonds. The summed E-state index contributed by atoms with van der Waals surface area (Å²) >= 11 is 25.7. The first-order valence-corrected chi connectivity index (χ1v) is 18.6. The van der Waals surface area contributed by atoms with Gasteiger partial charge in [-0.2, -0.15) is 0 Å². The molecule has 2 saturated carbocycles. The lowest BCUT2D eigenvalue weighted by Gasteiger charge is -2.25. The van der Waals surface area contributed by atoms with Gasteiger partial charge in [0.1, 0.15) is 0 Å². The molecule has 0 unspecified atom stereocenters. The van der Waals surface area contributed by atoms with Crippen molar-refractivity contribution in [3.05, 3.63) is 0 Å². The summed E-state index contributed by atoms with van der Waals surface area (Å²) in [6, 6.07) is 2.18.